The number of ether oxygens (including phenoxy) is 3. The molecule has 0 amide bonds. The van der Waals surface area contributed by atoms with Gasteiger partial charge in [-0.25, -0.2) is 9.45 Å². The number of hydrogen-bond donors (Lipinski definition) is 1. The molecule has 0 aliphatic carbocycles. The average molecular weight is 555 g/mol. The molecule has 37 heavy (non-hydrogen) atoms. The Morgan fingerprint density at radius 3 is 1.30 bits per heavy atom. The molecule has 0 saturated carbocycles. The molecular formula is C28H59O8P. The average Bonchev–Trinajstić information content (AvgIpc) is 2.88. The Hall–Kier alpha value is -0.0500. The molecule has 0 rings (SSSR count). The van der Waals surface area contributed by atoms with Crippen molar-refractivity contribution in [3.63, 3.8) is 0 Å². The molecular weight excluding hydrogens is 495 g/mol. The second-order valence-corrected chi connectivity index (χ2v) is 11.0. The van der Waals surface area contributed by atoms with Crippen molar-refractivity contribution in [3.05, 3.63) is 0 Å². The monoisotopic (exact) mass is 554 g/mol. The molecule has 0 radical (unpaired) electrons. The van der Waals surface area contributed by atoms with Crippen LogP contribution in [0.1, 0.15) is 129 Å². The predicted molar refractivity (Wildman–Crippen MR) is 150 cm³/mol. The third-order valence-electron chi connectivity index (χ3n) is 6.16. The van der Waals surface area contributed by atoms with E-state index in [4.69, 9.17) is 23.6 Å². The zero-order chi connectivity index (χ0) is 27.1. The molecule has 0 fully saturated rings. The first-order chi connectivity index (χ1) is 18.1. The summed E-state index contributed by atoms with van der Waals surface area (Å²) in [7, 11) is -4.21. The maximum atomic E-state index is 11.7. The lowest BCUT2D eigenvalue weighted by Gasteiger charge is -2.11. The van der Waals surface area contributed by atoms with E-state index < -0.39 is 7.82 Å². The Bertz CT molecular complexity index is 481. The summed E-state index contributed by atoms with van der Waals surface area (Å²) in [4.78, 5) is 14.4. The molecule has 0 aromatic carbocycles. The summed E-state index contributed by atoms with van der Waals surface area (Å²) in [5, 5.41) is 0. The van der Waals surface area contributed by atoms with Crippen LogP contribution in [0.15, 0.2) is 0 Å². The molecule has 9 heteroatoms. The maximum Gasteiger partial charge on any atom is 0.499 e. The van der Waals surface area contributed by atoms with E-state index in [2.05, 4.69) is 11.6 Å². The maximum absolute atomic E-state index is 11.7. The molecule has 0 aromatic rings. The fourth-order valence-corrected chi connectivity index (χ4v) is 4.54. The van der Waals surface area contributed by atoms with Gasteiger partial charge < -0.3 is 19.1 Å². The Morgan fingerprint density at radius 2 is 0.865 bits per heavy atom. The van der Waals surface area contributed by atoms with Crippen LogP contribution in [-0.4, -0.2) is 57.7 Å². The number of rotatable bonds is 32. The van der Waals surface area contributed by atoms with E-state index in [0.29, 0.717) is 33.0 Å². The highest BCUT2D eigenvalue weighted by atomic mass is 31.2. The second-order valence-electron chi connectivity index (χ2n) is 9.63. The molecule has 1 unspecified atom stereocenters. The van der Waals surface area contributed by atoms with Gasteiger partial charge in [0.25, 0.3) is 0 Å². The number of phosphoric acid groups is 1. The summed E-state index contributed by atoms with van der Waals surface area (Å²) in [5.41, 5.74) is 0. The molecule has 0 aromatic heterocycles. The molecule has 1 atom stereocenters. The van der Waals surface area contributed by atoms with Crippen molar-refractivity contribution in [1.29, 1.82) is 0 Å². The zero-order valence-electron chi connectivity index (χ0n) is 24.1. The van der Waals surface area contributed by atoms with E-state index in [1.807, 2.05) is 6.92 Å². The summed E-state index contributed by atoms with van der Waals surface area (Å²) in [5.74, 6) is 0. The second kappa shape index (κ2) is 30.5. The molecule has 0 aliphatic rings. The van der Waals surface area contributed by atoms with Crippen molar-refractivity contribution in [2.75, 3.05) is 52.9 Å². The van der Waals surface area contributed by atoms with Gasteiger partial charge >= 0.3 is 7.82 Å². The van der Waals surface area contributed by atoms with Gasteiger partial charge in [0.1, 0.15) is 0 Å². The topological polar surface area (TPSA) is 92.7 Å². The normalized spacial score (nSPS) is 13.3. The lowest BCUT2D eigenvalue weighted by molar-refractivity contribution is -0.225. The van der Waals surface area contributed by atoms with Crippen molar-refractivity contribution in [2.45, 2.75) is 129 Å². The van der Waals surface area contributed by atoms with Crippen molar-refractivity contribution >= 4 is 7.82 Å². The smallest absolute Gasteiger partial charge is 0.379 e. The molecule has 0 heterocycles. The van der Waals surface area contributed by atoms with Gasteiger partial charge in [0.05, 0.1) is 46.2 Å². The first kappa shape index (κ1) is 37.0. The first-order valence-electron chi connectivity index (χ1n) is 15.1. The highest BCUT2D eigenvalue weighted by molar-refractivity contribution is 7.47. The van der Waals surface area contributed by atoms with E-state index in [1.165, 1.54) is 96.3 Å². The standard InChI is InChI=1S/C28H59O8P/c1-3-5-6-7-8-9-10-11-12-13-14-15-16-17-18-19-20-21-22-34-36-37(29,30)35-28-27-33-26-25-32-24-23-31-4-2/h3-28H2,1-2H3,(H,29,30). The summed E-state index contributed by atoms with van der Waals surface area (Å²) >= 11 is 0. The Labute approximate surface area is 228 Å². The zero-order valence-corrected chi connectivity index (χ0v) is 25.0. The predicted octanol–water partition coefficient (Wildman–Crippen LogP) is 8.16. The fraction of sp³-hybridized carbons (Fsp3) is 1.00. The molecule has 1 N–H and O–H groups in total. The fourth-order valence-electron chi connectivity index (χ4n) is 3.98. The molecule has 0 bridgehead atoms. The van der Waals surface area contributed by atoms with Gasteiger partial charge in [-0.05, 0) is 13.3 Å². The van der Waals surface area contributed by atoms with Gasteiger partial charge in [-0.3, -0.25) is 4.52 Å². The van der Waals surface area contributed by atoms with Gasteiger partial charge in [-0.2, -0.15) is 0 Å². The third-order valence-corrected chi connectivity index (χ3v) is 6.96. The minimum Gasteiger partial charge on any atom is -0.379 e. The van der Waals surface area contributed by atoms with Crippen LogP contribution in [0.2, 0.25) is 0 Å². The van der Waals surface area contributed by atoms with Crippen LogP contribution >= 0.6 is 7.82 Å². The van der Waals surface area contributed by atoms with Crippen molar-refractivity contribution in [1.82, 2.24) is 0 Å². The minimum atomic E-state index is -4.21. The van der Waals surface area contributed by atoms with Crippen molar-refractivity contribution < 1.29 is 37.8 Å². The Balaban J connectivity index is 3.24. The van der Waals surface area contributed by atoms with Crippen LogP contribution < -0.4 is 0 Å². The van der Waals surface area contributed by atoms with E-state index >= 15 is 0 Å². The van der Waals surface area contributed by atoms with E-state index in [1.54, 1.807) is 0 Å². The molecule has 8 nitrogen and oxygen atoms in total. The summed E-state index contributed by atoms with van der Waals surface area (Å²) in [6.45, 7) is 7.15. The molecule has 0 saturated heterocycles. The highest BCUT2D eigenvalue weighted by Gasteiger charge is 2.22. The van der Waals surface area contributed by atoms with E-state index in [9.17, 15) is 9.46 Å². The van der Waals surface area contributed by atoms with E-state index in [0.717, 1.165) is 19.3 Å². The van der Waals surface area contributed by atoms with Crippen LogP contribution in [0.25, 0.3) is 0 Å². The van der Waals surface area contributed by atoms with Crippen LogP contribution in [0, 0.1) is 0 Å². The van der Waals surface area contributed by atoms with Crippen LogP contribution in [0.5, 0.6) is 0 Å². The quantitative estimate of drug-likeness (QED) is 0.0385. The van der Waals surface area contributed by atoms with Crippen molar-refractivity contribution in [2.24, 2.45) is 0 Å². The molecule has 0 aliphatic heterocycles. The number of unbranched alkanes of at least 4 members (excludes halogenated alkanes) is 17. The van der Waals surface area contributed by atoms with Crippen LogP contribution in [0.4, 0.5) is 0 Å². The minimum absolute atomic E-state index is 0.0602. The highest BCUT2D eigenvalue weighted by Crippen LogP contribution is 2.43. The van der Waals surface area contributed by atoms with Crippen LogP contribution in [-0.2, 0) is 32.9 Å². The van der Waals surface area contributed by atoms with Gasteiger partial charge in [-0.1, -0.05) is 116 Å². The summed E-state index contributed by atoms with van der Waals surface area (Å²) in [6, 6.07) is 0. The summed E-state index contributed by atoms with van der Waals surface area (Å²) in [6.07, 6.45) is 23.6. The van der Waals surface area contributed by atoms with Crippen LogP contribution in [0.3, 0.4) is 0 Å². The Morgan fingerprint density at radius 1 is 0.486 bits per heavy atom. The summed E-state index contributed by atoms with van der Waals surface area (Å²) < 4.78 is 36.8. The third kappa shape index (κ3) is 32.1. The Kier molecular flexibility index (Phi) is 30.4. The van der Waals surface area contributed by atoms with E-state index in [-0.39, 0.29) is 19.8 Å². The van der Waals surface area contributed by atoms with Gasteiger partial charge in [0, 0.05) is 6.61 Å². The molecule has 0 spiro atoms. The lowest BCUT2D eigenvalue weighted by Crippen LogP contribution is -2.11. The van der Waals surface area contributed by atoms with Gasteiger partial charge in [-0.15, -0.1) is 4.67 Å². The molecule has 224 valence electrons. The number of hydrogen-bond acceptors (Lipinski definition) is 7. The van der Waals surface area contributed by atoms with Gasteiger partial charge in [0.2, 0.25) is 0 Å². The van der Waals surface area contributed by atoms with Crippen molar-refractivity contribution in [3.8, 4) is 0 Å². The largest absolute Gasteiger partial charge is 0.499 e. The number of phosphoric ester groups is 1. The lowest BCUT2D eigenvalue weighted by atomic mass is 10.0. The first-order valence-corrected chi connectivity index (χ1v) is 16.6. The van der Waals surface area contributed by atoms with Gasteiger partial charge in [0.15, 0.2) is 0 Å². The SMILES string of the molecule is CCCCCCCCCCCCCCCCCCCCOOP(=O)(O)OCCOCCOCCOCC.